The van der Waals surface area contributed by atoms with Gasteiger partial charge in [0, 0.05) is 4.90 Å². The normalized spacial score (nSPS) is 13.1. The van der Waals surface area contributed by atoms with E-state index < -0.39 is 0 Å². The van der Waals surface area contributed by atoms with Crippen molar-refractivity contribution in [3.05, 3.63) is 29.8 Å². The number of benzene rings is 1. The Morgan fingerprint density at radius 1 is 1.21 bits per heavy atom. The first kappa shape index (κ1) is 16.1. The lowest BCUT2D eigenvalue weighted by molar-refractivity contribution is -0.142. The van der Waals surface area contributed by atoms with Crippen molar-refractivity contribution in [2.45, 2.75) is 56.6 Å². The molecule has 2 nitrogen and oxygen atoms in total. The second-order valence-electron chi connectivity index (χ2n) is 5.54. The van der Waals surface area contributed by atoms with Gasteiger partial charge >= 0.3 is 5.97 Å². The van der Waals surface area contributed by atoms with E-state index in [0.717, 1.165) is 11.3 Å². The van der Waals surface area contributed by atoms with Crippen molar-refractivity contribution >= 4 is 17.7 Å². The Morgan fingerprint density at radius 3 is 2.21 bits per heavy atom. The third kappa shape index (κ3) is 4.90. The molecule has 0 fully saturated rings. The largest absolute Gasteiger partial charge is 0.465 e. The lowest BCUT2D eigenvalue weighted by Gasteiger charge is -2.19. The predicted octanol–water partition coefficient (Wildman–Crippen LogP) is 4.42. The number of hydrogen-bond acceptors (Lipinski definition) is 3. The van der Waals surface area contributed by atoms with E-state index in [9.17, 15) is 4.79 Å². The Morgan fingerprint density at radius 2 is 1.79 bits per heavy atom. The van der Waals surface area contributed by atoms with Crippen LogP contribution in [-0.2, 0) is 14.9 Å². The van der Waals surface area contributed by atoms with E-state index in [4.69, 9.17) is 4.74 Å². The van der Waals surface area contributed by atoms with Gasteiger partial charge in [0.2, 0.25) is 0 Å². The van der Waals surface area contributed by atoms with Gasteiger partial charge in [-0.25, -0.2) is 0 Å². The van der Waals surface area contributed by atoms with Gasteiger partial charge in [0.25, 0.3) is 0 Å². The molecule has 1 aromatic carbocycles. The van der Waals surface area contributed by atoms with E-state index in [1.54, 1.807) is 11.8 Å². The summed E-state index contributed by atoms with van der Waals surface area (Å²) in [6.45, 7) is 10.9. The molecule has 19 heavy (non-hydrogen) atoms. The Kier molecular flexibility index (Phi) is 5.92. The third-order valence-electron chi connectivity index (χ3n) is 2.92. The van der Waals surface area contributed by atoms with E-state index in [1.165, 1.54) is 5.56 Å². The number of carbonyl (C=O) groups excluding carboxylic acids is 1. The number of esters is 1. The number of ether oxygens (including phenoxy) is 1. The van der Waals surface area contributed by atoms with Crippen molar-refractivity contribution in [3.63, 3.8) is 0 Å². The standard InChI is InChI=1S/C16H24O2S/c1-6-14(15(17)18-7-2)19-13-10-8-12(9-11-13)16(3,4)5/h8-11,14H,6-7H2,1-5H3. The fraction of sp³-hybridized carbons (Fsp3) is 0.562. The molecule has 1 rings (SSSR count). The zero-order valence-corrected chi connectivity index (χ0v) is 13.3. The van der Waals surface area contributed by atoms with Crippen molar-refractivity contribution in [1.82, 2.24) is 0 Å². The van der Waals surface area contributed by atoms with Gasteiger partial charge in [-0.2, -0.15) is 0 Å². The molecule has 0 heterocycles. The number of rotatable bonds is 5. The average Bonchev–Trinajstić information content (AvgIpc) is 2.35. The highest BCUT2D eigenvalue weighted by atomic mass is 32.2. The molecule has 1 unspecified atom stereocenters. The van der Waals surface area contributed by atoms with Crippen LogP contribution in [0.4, 0.5) is 0 Å². The molecule has 3 heteroatoms. The van der Waals surface area contributed by atoms with Gasteiger partial charge in [0.15, 0.2) is 0 Å². The van der Waals surface area contributed by atoms with Gasteiger partial charge in [-0.1, -0.05) is 39.8 Å². The van der Waals surface area contributed by atoms with Crippen LogP contribution in [0, 0.1) is 0 Å². The maximum Gasteiger partial charge on any atom is 0.319 e. The SMILES string of the molecule is CCOC(=O)C(CC)Sc1ccc(C(C)(C)C)cc1. The third-order valence-corrected chi connectivity index (χ3v) is 4.27. The topological polar surface area (TPSA) is 26.3 Å². The molecule has 0 spiro atoms. The first-order chi connectivity index (χ1) is 8.88. The molecule has 0 saturated heterocycles. The summed E-state index contributed by atoms with van der Waals surface area (Å²) in [5, 5.41) is -0.111. The van der Waals surface area contributed by atoms with Crippen LogP contribution in [0.2, 0.25) is 0 Å². The van der Waals surface area contributed by atoms with Crippen LogP contribution in [0.25, 0.3) is 0 Å². The average molecular weight is 280 g/mol. The van der Waals surface area contributed by atoms with Gasteiger partial charge in [0.1, 0.15) is 5.25 Å². The Bertz CT molecular complexity index is 404. The Balaban J connectivity index is 2.73. The molecule has 0 saturated carbocycles. The summed E-state index contributed by atoms with van der Waals surface area (Å²) in [4.78, 5) is 12.9. The van der Waals surface area contributed by atoms with E-state index in [2.05, 4.69) is 45.0 Å². The van der Waals surface area contributed by atoms with Crippen LogP contribution in [0.5, 0.6) is 0 Å². The predicted molar refractivity (Wildman–Crippen MR) is 81.7 cm³/mol. The first-order valence-electron chi connectivity index (χ1n) is 6.82. The van der Waals surface area contributed by atoms with Gasteiger partial charge in [-0.15, -0.1) is 11.8 Å². The van der Waals surface area contributed by atoms with Crippen LogP contribution < -0.4 is 0 Å². The molecule has 0 N–H and O–H groups in total. The first-order valence-corrected chi connectivity index (χ1v) is 7.70. The summed E-state index contributed by atoms with van der Waals surface area (Å²) in [5.41, 5.74) is 1.47. The maximum atomic E-state index is 11.8. The highest BCUT2D eigenvalue weighted by molar-refractivity contribution is 8.00. The molecule has 0 bridgehead atoms. The molecule has 0 aromatic heterocycles. The molecule has 1 aromatic rings. The Hall–Kier alpha value is -0.960. The second kappa shape index (κ2) is 6.99. The van der Waals surface area contributed by atoms with Crippen molar-refractivity contribution in [3.8, 4) is 0 Å². The summed E-state index contributed by atoms with van der Waals surface area (Å²) < 4.78 is 5.09. The zero-order valence-electron chi connectivity index (χ0n) is 12.5. The summed E-state index contributed by atoms with van der Waals surface area (Å²) in [6.07, 6.45) is 0.782. The summed E-state index contributed by atoms with van der Waals surface area (Å²) in [5.74, 6) is -0.116. The second-order valence-corrected chi connectivity index (χ2v) is 6.82. The van der Waals surface area contributed by atoms with E-state index in [-0.39, 0.29) is 16.6 Å². The molecule has 106 valence electrons. The molecule has 0 aliphatic carbocycles. The van der Waals surface area contributed by atoms with Crippen molar-refractivity contribution in [1.29, 1.82) is 0 Å². The molecule has 0 amide bonds. The zero-order chi connectivity index (χ0) is 14.5. The van der Waals surface area contributed by atoms with Crippen LogP contribution >= 0.6 is 11.8 Å². The van der Waals surface area contributed by atoms with Crippen LogP contribution in [0.3, 0.4) is 0 Å². The summed E-state index contributed by atoms with van der Waals surface area (Å²) in [6, 6.07) is 8.46. The van der Waals surface area contributed by atoms with E-state index in [0.29, 0.717) is 6.61 Å². The fourth-order valence-corrected chi connectivity index (χ4v) is 2.68. The Labute approximate surface area is 120 Å². The van der Waals surface area contributed by atoms with Crippen LogP contribution in [0.1, 0.15) is 46.6 Å². The van der Waals surface area contributed by atoms with Crippen molar-refractivity contribution in [2.75, 3.05) is 6.61 Å². The smallest absolute Gasteiger partial charge is 0.319 e. The molecule has 0 aliphatic heterocycles. The van der Waals surface area contributed by atoms with Gasteiger partial charge in [-0.3, -0.25) is 4.79 Å². The van der Waals surface area contributed by atoms with E-state index >= 15 is 0 Å². The minimum absolute atomic E-state index is 0.111. The van der Waals surface area contributed by atoms with Gasteiger partial charge < -0.3 is 4.74 Å². The summed E-state index contributed by atoms with van der Waals surface area (Å²) in [7, 11) is 0. The number of thioether (sulfide) groups is 1. The van der Waals surface area contributed by atoms with E-state index in [1.807, 2.05) is 13.8 Å². The van der Waals surface area contributed by atoms with Crippen LogP contribution in [-0.4, -0.2) is 17.8 Å². The maximum absolute atomic E-state index is 11.8. The lowest BCUT2D eigenvalue weighted by atomic mass is 9.87. The van der Waals surface area contributed by atoms with Crippen LogP contribution in [0.15, 0.2) is 29.2 Å². The van der Waals surface area contributed by atoms with Gasteiger partial charge in [0.05, 0.1) is 6.61 Å². The number of carbonyl (C=O) groups is 1. The highest BCUT2D eigenvalue weighted by Crippen LogP contribution is 2.29. The highest BCUT2D eigenvalue weighted by Gasteiger charge is 2.19. The number of hydrogen-bond donors (Lipinski definition) is 0. The molecular weight excluding hydrogens is 256 g/mol. The summed E-state index contributed by atoms with van der Waals surface area (Å²) >= 11 is 1.58. The molecular formula is C16H24O2S. The quantitative estimate of drug-likeness (QED) is 0.590. The van der Waals surface area contributed by atoms with Crippen molar-refractivity contribution in [2.24, 2.45) is 0 Å². The molecule has 1 atom stereocenters. The fourth-order valence-electron chi connectivity index (χ4n) is 1.73. The minimum atomic E-state index is -0.116. The minimum Gasteiger partial charge on any atom is -0.465 e. The lowest BCUT2D eigenvalue weighted by Crippen LogP contribution is -2.19. The monoisotopic (exact) mass is 280 g/mol. The van der Waals surface area contributed by atoms with Gasteiger partial charge in [-0.05, 0) is 36.5 Å². The molecule has 0 radical (unpaired) electrons. The molecule has 0 aliphatic rings. The van der Waals surface area contributed by atoms with Crippen molar-refractivity contribution < 1.29 is 9.53 Å².